The third-order valence-electron chi connectivity index (χ3n) is 4.29. The fourth-order valence-corrected chi connectivity index (χ4v) is 4.15. The highest BCUT2D eigenvalue weighted by Gasteiger charge is 2.43. The monoisotopic (exact) mass is 434 g/mol. The molecule has 0 aliphatic heterocycles. The van der Waals surface area contributed by atoms with E-state index in [4.69, 9.17) is 0 Å². The average molecular weight is 434 g/mol. The number of hydrogen-bond acceptors (Lipinski definition) is 4. The third kappa shape index (κ3) is 5.83. The van der Waals surface area contributed by atoms with E-state index in [1.165, 1.54) is 5.38 Å². The van der Waals surface area contributed by atoms with E-state index in [0.717, 1.165) is 0 Å². The van der Waals surface area contributed by atoms with Crippen LogP contribution in [0.5, 0.6) is 0 Å². The molecule has 1 atom stereocenters. The molecule has 0 spiro atoms. The van der Waals surface area contributed by atoms with Gasteiger partial charge in [-0.25, -0.2) is 4.98 Å². The van der Waals surface area contributed by atoms with E-state index in [1.807, 2.05) is 0 Å². The zero-order chi connectivity index (χ0) is 20.6. The van der Waals surface area contributed by atoms with Gasteiger partial charge in [0, 0.05) is 11.3 Å². The predicted octanol–water partition coefficient (Wildman–Crippen LogP) is 5.78. The van der Waals surface area contributed by atoms with Gasteiger partial charge in [-0.1, -0.05) is 4.40 Å². The van der Waals surface area contributed by atoms with Gasteiger partial charge >= 0.3 is 12.4 Å². The van der Waals surface area contributed by atoms with E-state index < -0.39 is 45.3 Å². The topological polar surface area (TPSA) is 48.3 Å². The van der Waals surface area contributed by atoms with Crippen molar-refractivity contribution in [3.05, 3.63) is 16.1 Å². The number of nitrogens with zero attached hydrogens (tertiary/aromatic N) is 2. The van der Waals surface area contributed by atoms with Crippen LogP contribution in [-0.2, 0) is 17.5 Å². The number of alkyl halides is 6. The fourth-order valence-electron chi connectivity index (χ4n) is 2.77. The van der Waals surface area contributed by atoms with Crippen molar-refractivity contribution in [2.24, 2.45) is 16.2 Å². The maximum Gasteiger partial charge on any atom is 0.443 e. The molecule has 0 radical (unpaired) electrons. The Hall–Kier alpha value is -0.810. The zero-order valence-electron chi connectivity index (χ0n) is 14.9. The van der Waals surface area contributed by atoms with Gasteiger partial charge in [0.15, 0.2) is 5.01 Å². The number of rotatable bonds is 3. The van der Waals surface area contributed by atoms with Gasteiger partial charge < -0.3 is 4.55 Å². The summed E-state index contributed by atoms with van der Waals surface area (Å²) in [5, 5.41) is 0.118. The van der Waals surface area contributed by atoms with Gasteiger partial charge in [-0.3, -0.25) is 0 Å². The summed E-state index contributed by atoms with van der Waals surface area (Å²) in [6.07, 6.45) is -8.95. The molecular weight excluding hydrogens is 414 g/mol. The summed E-state index contributed by atoms with van der Waals surface area (Å²) >= 11 is -1.37. The molecule has 27 heavy (non-hydrogen) atoms. The fraction of sp³-hybridized carbons (Fsp3) is 0.750. The first-order valence-electron chi connectivity index (χ1n) is 8.30. The van der Waals surface area contributed by atoms with Crippen molar-refractivity contribution in [1.29, 1.82) is 0 Å². The minimum absolute atomic E-state index is 0.0552. The summed E-state index contributed by atoms with van der Waals surface area (Å²) in [6, 6.07) is 0. The molecule has 1 heterocycles. The van der Waals surface area contributed by atoms with Crippen LogP contribution in [0.2, 0.25) is 0 Å². The van der Waals surface area contributed by atoms with E-state index in [1.54, 1.807) is 20.8 Å². The summed E-state index contributed by atoms with van der Waals surface area (Å²) in [5.41, 5.74) is 0.0519. The number of aromatic nitrogens is 1. The van der Waals surface area contributed by atoms with Gasteiger partial charge in [0.05, 0.1) is 5.92 Å². The summed E-state index contributed by atoms with van der Waals surface area (Å²) < 4.78 is 93.0. The van der Waals surface area contributed by atoms with Crippen LogP contribution in [0.25, 0.3) is 0 Å². The summed E-state index contributed by atoms with van der Waals surface area (Å²) in [6.45, 7) is 4.98. The molecule has 1 saturated carbocycles. The Morgan fingerprint density at radius 3 is 2.07 bits per heavy atom. The highest BCUT2D eigenvalue weighted by atomic mass is 32.2. The van der Waals surface area contributed by atoms with Gasteiger partial charge in [-0.2, -0.15) is 26.3 Å². The van der Waals surface area contributed by atoms with Crippen LogP contribution < -0.4 is 0 Å². The molecule has 0 amide bonds. The van der Waals surface area contributed by atoms with Gasteiger partial charge in [0.1, 0.15) is 27.5 Å². The molecule has 1 fully saturated rings. The molecule has 154 valence electrons. The van der Waals surface area contributed by atoms with E-state index in [-0.39, 0.29) is 37.1 Å². The molecule has 2 rings (SSSR count). The SMILES string of the molecule is CC(C)(C)[S@@+]([O-])/N=C(/c1csc(C(F)(F)F)n1)[C@H]1CC[C@H](C(F)(F)F)CC1. The standard InChI is InChI=1S/C16H20F6N2OS2/c1-14(2,3)27(25)24-12(11-8-26-13(23-11)16(20,21)22)9-4-6-10(7-5-9)15(17,18)19/h8-10H,4-7H2,1-3H3/b24-12+/t9-,10-,27-/m1/s1. The Morgan fingerprint density at radius 2 is 1.67 bits per heavy atom. The quantitative estimate of drug-likeness (QED) is 0.344. The molecule has 1 aromatic rings. The predicted molar refractivity (Wildman–Crippen MR) is 93.1 cm³/mol. The first-order valence-corrected chi connectivity index (χ1v) is 10.3. The zero-order valence-corrected chi connectivity index (χ0v) is 16.6. The minimum atomic E-state index is -4.62. The second kappa shape index (κ2) is 7.90. The Balaban J connectivity index is 2.32. The lowest BCUT2D eigenvalue weighted by molar-refractivity contribution is -0.182. The highest BCUT2D eigenvalue weighted by molar-refractivity contribution is 7.91. The van der Waals surface area contributed by atoms with Gasteiger partial charge in [-0.15, -0.1) is 11.3 Å². The highest BCUT2D eigenvalue weighted by Crippen LogP contribution is 2.41. The van der Waals surface area contributed by atoms with Crippen LogP contribution in [0.15, 0.2) is 9.78 Å². The van der Waals surface area contributed by atoms with E-state index in [0.29, 0.717) is 11.3 Å². The smallest absolute Gasteiger partial charge is 0.443 e. The third-order valence-corrected chi connectivity index (χ3v) is 6.59. The van der Waals surface area contributed by atoms with E-state index in [2.05, 4.69) is 9.38 Å². The Labute approximate surface area is 160 Å². The summed E-state index contributed by atoms with van der Waals surface area (Å²) in [4.78, 5) is 3.57. The lowest BCUT2D eigenvalue weighted by atomic mass is 9.79. The van der Waals surface area contributed by atoms with Crippen molar-refractivity contribution < 1.29 is 30.9 Å². The molecule has 0 bridgehead atoms. The second-order valence-electron chi connectivity index (χ2n) is 7.46. The lowest BCUT2D eigenvalue weighted by Gasteiger charge is -2.30. The van der Waals surface area contributed by atoms with Crippen molar-refractivity contribution in [2.75, 3.05) is 0 Å². The van der Waals surface area contributed by atoms with Crippen LogP contribution >= 0.6 is 11.3 Å². The first kappa shape index (κ1) is 22.5. The molecule has 1 aromatic heterocycles. The molecule has 1 aliphatic carbocycles. The van der Waals surface area contributed by atoms with E-state index >= 15 is 0 Å². The van der Waals surface area contributed by atoms with Crippen molar-refractivity contribution >= 4 is 28.4 Å². The number of hydrogen-bond donors (Lipinski definition) is 0. The van der Waals surface area contributed by atoms with Crippen LogP contribution in [0.4, 0.5) is 26.3 Å². The normalized spacial score (nSPS) is 24.1. The Morgan fingerprint density at radius 1 is 1.11 bits per heavy atom. The van der Waals surface area contributed by atoms with Gasteiger partial charge in [0.2, 0.25) is 0 Å². The molecule has 3 nitrogen and oxygen atoms in total. The maximum atomic E-state index is 12.9. The first-order chi connectivity index (χ1) is 12.2. The summed E-state index contributed by atoms with van der Waals surface area (Å²) in [5.74, 6) is -1.93. The number of halogens is 6. The molecule has 1 aliphatic rings. The largest absolute Gasteiger partial charge is 0.591 e. The van der Waals surface area contributed by atoms with Crippen molar-refractivity contribution in [1.82, 2.24) is 4.98 Å². The second-order valence-corrected chi connectivity index (χ2v) is 10.2. The molecular formula is C16H20F6N2OS2. The Bertz CT molecular complexity index is 670. The molecule has 11 heteroatoms. The van der Waals surface area contributed by atoms with Crippen molar-refractivity contribution in [3.63, 3.8) is 0 Å². The summed E-state index contributed by atoms with van der Waals surface area (Å²) in [7, 11) is 0. The molecule has 0 unspecified atom stereocenters. The molecule has 0 saturated heterocycles. The van der Waals surface area contributed by atoms with Crippen LogP contribution in [0.1, 0.15) is 57.2 Å². The average Bonchev–Trinajstić information content (AvgIpc) is 3.00. The Kier molecular flexibility index (Phi) is 6.58. The lowest BCUT2D eigenvalue weighted by Crippen LogP contribution is -2.33. The van der Waals surface area contributed by atoms with Crippen LogP contribution in [0, 0.1) is 11.8 Å². The minimum Gasteiger partial charge on any atom is -0.591 e. The van der Waals surface area contributed by atoms with Crippen LogP contribution in [-0.4, -0.2) is 26.2 Å². The van der Waals surface area contributed by atoms with Gasteiger partial charge in [0.25, 0.3) is 0 Å². The maximum absolute atomic E-state index is 12.9. The van der Waals surface area contributed by atoms with Gasteiger partial charge in [-0.05, 0) is 46.5 Å². The van der Waals surface area contributed by atoms with Crippen molar-refractivity contribution in [2.45, 2.75) is 63.6 Å². The van der Waals surface area contributed by atoms with Crippen molar-refractivity contribution in [3.8, 4) is 0 Å². The van der Waals surface area contributed by atoms with E-state index in [9.17, 15) is 30.9 Å². The molecule has 0 N–H and O–H groups in total. The number of thiazole rings is 1. The molecule has 0 aromatic carbocycles. The van der Waals surface area contributed by atoms with Crippen LogP contribution in [0.3, 0.4) is 0 Å².